The van der Waals surface area contributed by atoms with Gasteiger partial charge in [-0.15, -0.1) is 0 Å². The second kappa shape index (κ2) is 8.43. The maximum Gasteiger partial charge on any atom is 0.274 e. The number of ether oxygens (including phenoxy) is 1. The molecule has 0 atom stereocenters. The van der Waals surface area contributed by atoms with Crippen LogP contribution in [-0.2, 0) is 11.3 Å². The molecule has 0 unspecified atom stereocenters. The molecule has 0 aliphatic heterocycles. The lowest BCUT2D eigenvalue weighted by Crippen LogP contribution is -2.19. The van der Waals surface area contributed by atoms with Crippen LogP contribution in [0.15, 0.2) is 77.4 Å². The molecule has 2 aromatic heterocycles. The van der Waals surface area contributed by atoms with Crippen molar-refractivity contribution >= 4 is 11.6 Å². The van der Waals surface area contributed by atoms with Gasteiger partial charge >= 0.3 is 0 Å². The van der Waals surface area contributed by atoms with Crippen molar-refractivity contribution in [2.24, 2.45) is 0 Å². The molecular formula is C22H20N4O3. The molecule has 7 nitrogen and oxygen atoms in total. The van der Waals surface area contributed by atoms with E-state index in [2.05, 4.69) is 15.5 Å². The quantitative estimate of drug-likeness (QED) is 0.512. The number of benzene rings is 2. The number of carbonyl (C=O) groups is 1. The Bertz CT molecular complexity index is 1100. The van der Waals surface area contributed by atoms with Crippen LogP contribution in [0.25, 0.3) is 23.0 Å². The summed E-state index contributed by atoms with van der Waals surface area (Å²) in [5, 5.41) is 6.94. The van der Waals surface area contributed by atoms with Crippen molar-refractivity contribution < 1.29 is 14.1 Å². The van der Waals surface area contributed by atoms with Crippen LogP contribution in [0.5, 0.6) is 5.75 Å². The Morgan fingerprint density at radius 1 is 1.07 bits per heavy atom. The second-order valence-electron chi connectivity index (χ2n) is 6.29. The SMILES string of the molecule is CCOc1ccccc1NC(=O)Cn1cccc1-c1nc(-c2ccccc2)no1. The summed E-state index contributed by atoms with van der Waals surface area (Å²) in [6.07, 6.45) is 1.80. The molecule has 29 heavy (non-hydrogen) atoms. The van der Waals surface area contributed by atoms with Gasteiger partial charge in [0.2, 0.25) is 11.7 Å². The van der Waals surface area contributed by atoms with Crippen LogP contribution in [0, 0.1) is 0 Å². The summed E-state index contributed by atoms with van der Waals surface area (Å²) >= 11 is 0. The third-order valence-corrected chi connectivity index (χ3v) is 4.28. The zero-order valence-electron chi connectivity index (χ0n) is 15.9. The number of hydrogen-bond acceptors (Lipinski definition) is 5. The van der Waals surface area contributed by atoms with Crippen LogP contribution in [0.3, 0.4) is 0 Å². The first kappa shape index (κ1) is 18.5. The minimum atomic E-state index is -0.183. The molecule has 1 N–H and O–H groups in total. The van der Waals surface area contributed by atoms with E-state index in [4.69, 9.17) is 9.26 Å². The summed E-state index contributed by atoms with van der Waals surface area (Å²) in [6.45, 7) is 2.53. The topological polar surface area (TPSA) is 82.2 Å². The van der Waals surface area contributed by atoms with Gasteiger partial charge in [-0.05, 0) is 31.2 Å². The summed E-state index contributed by atoms with van der Waals surface area (Å²) in [6, 6.07) is 20.6. The Labute approximate surface area is 167 Å². The molecule has 2 aromatic carbocycles. The number of aromatic nitrogens is 3. The molecule has 0 fully saturated rings. The number of anilines is 1. The lowest BCUT2D eigenvalue weighted by Gasteiger charge is -2.12. The average molecular weight is 388 g/mol. The molecule has 0 aliphatic carbocycles. The fourth-order valence-corrected chi connectivity index (χ4v) is 2.97. The van der Waals surface area contributed by atoms with E-state index in [1.807, 2.05) is 73.7 Å². The van der Waals surface area contributed by atoms with Gasteiger partial charge in [-0.2, -0.15) is 4.98 Å². The molecule has 0 aliphatic rings. The van der Waals surface area contributed by atoms with Gasteiger partial charge in [0.1, 0.15) is 18.0 Å². The van der Waals surface area contributed by atoms with Crippen LogP contribution in [0.1, 0.15) is 6.92 Å². The third-order valence-electron chi connectivity index (χ3n) is 4.28. The number of amides is 1. The minimum absolute atomic E-state index is 0.103. The van der Waals surface area contributed by atoms with Gasteiger partial charge in [-0.1, -0.05) is 47.6 Å². The maximum absolute atomic E-state index is 12.6. The van der Waals surface area contributed by atoms with Gasteiger partial charge < -0.3 is 19.1 Å². The molecule has 2 heterocycles. The van der Waals surface area contributed by atoms with E-state index >= 15 is 0 Å². The number of hydrogen-bond donors (Lipinski definition) is 1. The molecule has 4 aromatic rings. The lowest BCUT2D eigenvalue weighted by molar-refractivity contribution is -0.116. The summed E-state index contributed by atoms with van der Waals surface area (Å²) < 4.78 is 12.7. The van der Waals surface area contributed by atoms with Gasteiger partial charge in [0.25, 0.3) is 5.89 Å². The predicted molar refractivity (Wildman–Crippen MR) is 109 cm³/mol. The number of carbonyl (C=O) groups excluding carboxylic acids is 1. The predicted octanol–water partition coefficient (Wildman–Crippen LogP) is 4.24. The Hall–Kier alpha value is -3.87. The van der Waals surface area contributed by atoms with Gasteiger partial charge in [0.05, 0.1) is 12.3 Å². The second-order valence-corrected chi connectivity index (χ2v) is 6.29. The minimum Gasteiger partial charge on any atom is -0.492 e. The molecule has 0 saturated carbocycles. The Morgan fingerprint density at radius 2 is 1.86 bits per heavy atom. The number of nitrogens with one attached hydrogen (secondary N) is 1. The van der Waals surface area contributed by atoms with E-state index in [-0.39, 0.29) is 12.5 Å². The molecule has 0 spiro atoms. The van der Waals surface area contributed by atoms with Crippen LogP contribution < -0.4 is 10.1 Å². The first-order valence-corrected chi connectivity index (χ1v) is 9.31. The average Bonchev–Trinajstić information content (AvgIpc) is 3.40. The van der Waals surface area contributed by atoms with Crippen molar-refractivity contribution in [3.8, 4) is 28.7 Å². The van der Waals surface area contributed by atoms with E-state index in [0.29, 0.717) is 35.5 Å². The number of rotatable bonds is 7. The third kappa shape index (κ3) is 4.19. The van der Waals surface area contributed by atoms with E-state index in [0.717, 1.165) is 5.56 Å². The zero-order valence-corrected chi connectivity index (χ0v) is 15.9. The van der Waals surface area contributed by atoms with Crippen molar-refractivity contribution in [2.45, 2.75) is 13.5 Å². The van der Waals surface area contributed by atoms with Gasteiger partial charge in [0, 0.05) is 11.8 Å². The maximum atomic E-state index is 12.6. The van der Waals surface area contributed by atoms with Crippen LogP contribution >= 0.6 is 0 Å². The molecule has 146 valence electrons. The van der Waals surface area contributed by atoms with E-state index in [9.17, 15) is 4.79 Å². The van der Waals surface area contributed by atoms with Crippen LogP contribution in [0.2, 0.25) is 0 Å². The summed E-state index contributed by atoms with van der Waals surface area (Å²) in [4.78, 5) is 17.1. The molecule has 0 saturated heterocycles. The highest BCUT2D eigenvalue weighted by molar-refractivity contribution is 5.92. The van der Waals surface area contributed by atoms with Crippen molar-refractivity contribution in [2.75, 3.05) is 11.9 Å². The lowest BCUT2D eigenvalue weighted by atomic mass is 10.2. The molecule has 7 heteroatoms. The zero-order chi connectivity index (χ0) is 20.1. The normalized spacial score (nSPS) is 10.7. The highest BCUT2D eigenvalue weighted by atomic mass is 16.5. The van der Waals surface area contributed by atoms with E-state index in [1.165, 1.54) is 0 Å². The number of nitrogens with zero attached hydrogens (tertiary/aromatic N) is 3. The van der Waals surface area contributed by atoms with Gasteiger partial charge in [0.15, 0.2) is 0 Å². The van der Waals surface area contributed by atoms with Crippen LogP contribution in [-0.4, -0.2) is 27.2 Å². The smallest absolute Gasteiger partial charge is 0.274 e. The van der Waals surface area contributed by atoms with Crippen molar-refractivity contribution in [1.82, 2.24) is 14.7 Å². The summed E-state index contributed by atoms with van der Waals surface area (Å²) in [5.74, 6) is 1.32. The van der Waals surface area contributed by atoms with E-state index in [1.54, 1.807) is 10.8 Å². The summed E-state index contributed by atoms with van der Waals surface area (Å²) in [5.41, 5.74) is 2.18. The molecule has 1 amide bonds. The molecule has 0 bridgehead atoms. The van der Waals surface area contributed by atoms with Crippen LogP contribution in [0.4, 0.5) is 5.69 Å². The van der Waals surface area contributed by atoms with Gasteiger partial charge in [-0.3, -0.25) is 4.79 Å². The fourth-order valence-electron chi connectivity index (χ4n) is 2.97. The molecular weight excluding hydrogens is 368 g/mol. The highest BCUT2D eigenvalue weighted by Crippen LogP contribution is 2.25. The highest BCUT2D eigenvalue weighted by Gasteiger charge is 2.16. The molecule has 4 rings (SSSR count). The number of para-hydroxylation sites is 2. The standard InChI is InChI=1S/C22H20N4O3/c1-2-28-19-13-7-6-11-17(19)23-20(27)15-26-14-8-12-18(26)22-24-21(25-29-22)16-9-4-3-5-10-16/h3-14H,2,15H2,1H3,(H,23,27). The largest absolute Gasteiger partial charge is 0.492 e. The van der Waals surface area contributed by atoms with Crippen molar-refractivity contribution in [3.05, 3.63) is 72.9 Å². The Balaban J connectivity index is 1.50. The first-order chi connectivity index (χ1) is 14.2. The Kier molecular flexibility index (Phi) is 5.38. The van der Waals surface area contributed by atoms with Gasteiger partial charge in [-0.25, -0.2) is 0 Å². The Morgan fingerprint density at radius 3 is 2.69 bits per heavy atom. The first-order valence-electron chi connectivity index (χ1n) is 9.31. The fraction of sp³-hybridized carbons (Fsp3) is 0.136. The summed E-state index contributed by atoms with van der Waals surface area (Å²) in [7, 11) is 0. The van der Waals surface area contributed by atoms with Crippen molar-refractivity contribution in [1.29, 1.82) is 0 Å². The molecule has 0 radical (unpaired) electrons. The van der Waals surface area contributed by atoms with Crippen molar-refractivity contribution in [3.63, 3.8) is 0 Å². The monoisotopic (exact) mass is 388 g/mol. The van der Waals surface area contributed by atoms with E-state index < -0.39 is 0 Å².